The molecule has 1 aromatic rings. The Morgan fingerprint density at radius 1 is 1.25 bits per heavy atom. The lowest BCUT2D eigenvalue weighted by molar-refractivity contribution is -0.116. The number of ether oxygens (including phenoxy) is 1. The van der Waals surface area contributed by atoms with Crippen molar-refractivity contribution in [2.45, 2.75) is 57.5 Å². The van der Waals surface area contributed by atoms with Crippen LogP contribution in [0.2, 0.25) is 0 Å². The van der Waals surface area contributed by atoms with Gasteiger partial charge in [0.2, 0.25) is 5.91 Å². The van der Waals surface area contributed by atoms with Crippen LogP contribution in [0.15, 0.2) is 12.4 Å². The quantitative estimate of drug-likeness (QED) is 0.834. The van der Waals surface area contributed by atoms with E-state index < -0.39 is 5.97 Å². The van der Waals surface area contributed by atoms with Gasteiger partial charge in [0.15, 0.2) is 0 Å². The van der Waals surface area contributed by atoms with Crippen LogP contribution in [-0.4, -0.2) is 34.8 Å². The molecule has 6 nitrogen and oxygen atoms in total. The second-order valence-corrected chi connectivity index (χ2v) is 6.73. The molecule has 1 fully saturated rings. The predicted molar refractivity (Wildman–Crippen MR) is 92.2 cm³/mol. The van der Waals surface area contributed by atoms with Crippen LogP contribution in [0.4, 0.5) is 5.69 Å². The first kappa shape index (κ1) is 18.5. The molecule has 6 heteroatoms. The van der Waals surface area contributed by atoms with Crippen LogP contribution in [0, 0.1) is 5.92 Å². The molecule has 0 spiro atoms. The van der Waals surface area contributed by atoms with Crippen LogP contribution in [0.1, 0.15) is 61.7 Å². The third kappa shape index (κ3) is 5.37. The van der Waals surface area contributed by atoms with E-state index in [-0.39, 0.29) is 11.5 Å². The summed E-state index contributed by atoms with van der Waals surface area (Å²) in [6.45, 7) is 0. The number of nitrogens with one attached hydrogen (secondary N) is 1. The maximum Gasteiger partial charge on any atom is 0.339 e. The number of aromatic nitrogens is 1. The van der Waals surface area contributed by atoms with E-state index in [1.807, 2.05) is 0 Å². The van der Waals surface area contributed by atoms with Crippen molar-refractivity contribution in [2.75, 3.05) is 12.4 Å². The van der Waals surface area contributed by atoms with Crippen molar-refractivity contribution in [3.05, 3.63) is 18.0 Å². The SMILES string of the molecule is COC1CCCC(CCC(=O)Nc2cn(C)cc2C(=O)O)CCC1. The normalized spacial score (nSPS) is 21.8. The Kier molecular flexibility index (Phi) is 6.85. The lowest BCUT2D eigenvalue weighted by Gasteiger charge is -2.23. The molecule has 0 saturated heterocycles. The summed E-state index contributed by atoms with van der Waals surface area (Å²) in [4.78, 5) is 23.3. The number of hydrogen-bond donors (Lipinski definition) is 2. The van der Waals surface area contributed by atoms with Gasteiger partial charge in [-0.3, -0.25) is 4.79 Å². The first-order valence-corrected chi connectivity index (χ1v) is 8.71. The fourth-order valence-corrected chi connectivity index (χ4v) is 3.48. The van der Waals surface area contributed by atoms with Gasteiger partial charge < -0.3 is 19.7 Å². The van der Waals surface area contributed by atoms with E-state index in [9.17, 15) is 9.59 Å². The van der Waals surface area contributed by atoms with Crippen LogP contribution in [-0.2, 0) is 16.6 Å². The Morgan fingerprint density at radius 2 is 1.92 bits per heavy atom. The molecule has 2 rings (SSSR count). The number of aryl methyl sites for hydroxylation is 1. The maximum absolute atomic E-state index is 12.2. The second-order valence-electron chi connectivity index (χ2n) is 6.73. The van der Waals surface area contributed by atoms with Crippen molar-refractivity contribution in [3.8, 4) is 0 Å². The molecule has 134 valence electrons. The van der Waals surface area contributed by atoms with Gasteiger partial charge in [-0.1, -0.05) is 25.7 Å². The number of amides is 1. The largest absolute Gasteiger partial charge is 0.478 e. The molecule has 0 aromatic carbocycles. The first-order valence-electron chi connectivity index (χ1n) is 8.71. The summed E-state index contributed by atoms with van der Waals surface area (Å²) in [6.07, 6.45) is 11.6. The maximum atomic E-state index is 12.2. The molecule has 2 N–H and O–H groups in total. The number of anilines is 1. The number of hydrogen-bond acceptors (Lipinski definition) is 3. The fraction of sp³-hybridized carbons (Fsp3) is 0.667. The highest BCUT2D eigenvalue weighted by Crippen LogP contribution is 2.27. The number of methoxy groups -OCH3 is 1. The van der Waals surface area contributed by atoms with E-state index in [1.165, 1.54) is 6.20 Å². The van der Waals surface area contributed by atoms with Gasteiger partial charge in [-0.2, -0.15) is 0 Å². The molecule has 0 aliphatic heterocycles. The average Bonchev–Trinajstić information content (AvgIpc) is 2.87. The number of carbonyl (C=O) groups excluding carboxylic acids is 1. The van der Waals surface area contributed by atoms with Gasteiger partial charge in [0.1, 0.15) is 5.56 Å². The zero-order valence-electron chi connectivity index (χ0n) is 14.6. The predicted octanol–water partition coefficient (Wildman–Crippen LogP) is 3.43. The average molecular weight is 336 g/mol. The zero-order valence-corrected chi connectivity index (χ0v) is 14.6. The van der Waals surface area contributed by atoms with Gasteiger partial charge in [-0.15, -0.1) is 0 Å². The van der Waals surface area contributed by atoms with Gasteiger partial charge in [-0.05, 0) is 25.2 Å². The van der Waals surface area contributed by atoms with E-state index in [0.29, 0.717) is 24.1 Å². The number of nitrogens with zero attached hydrogens (tertiary/aromatic N) is 1. The number of rotatable bonds is 6. The van der Waals surface area contributed by atoms with Crippen LogP contribution >= 0.6 is 0 Å². The minimum Gasteiger partial charge on any atom is -0.478 e. The zero-order chi connectivity index (χ0) is 17.5. The summed E-state index contributed by atoms with van der Waals surface area (Å²) in [5, 5.41) is 11.9. The molecule has 1 amide bonds. The van der Waals surface area contributed by atoms with Gasteiger partial charge in [-0.25, -0.2) is 4.79 Å². The van der Waals surface area contributed by atoms with Crippen molar-refractivity contribution >= 4 is 17.6 Å². The molecule has 0 unspecified atom stereocenters. The van der Waals surface area contributed by atoms with E-state index in [4.69, 9.17) is 9.84 Å². The topological polar surface area (TPSA) is 80.6 Å². The fourth-order valence-electron chi connectivity index (χ4n) is 3.48. The van der Waals surface area contributed by atoms with Crippen molar-refractivity contribution in [1.82, 2.24) is 4.57 Å². The van der Waals surface area contributed by atoms with Crippen LogP contribution in [0.3, 0.4) is 0 Å². The summed E-state index contributed by atoms with van der Waals surface area (Å²) in [7, 11) is 3.52. The minimum atomic E-state index is -1.03. The molecular formula is C18H28N2O4. The summed E-state index contributed by atoms with van der Waals surface area (Å²) >= 11 is 0. The molecule has 1 aliphatic carbocycles. The summed E-state index contributed by atoms with van der Waals surface area (Å²) in [6, 6.07) is 0. The summed E-state index contributed by atoms with van der Waals surface area (Å²) in [5.41, 5.74) is 0.498. The van der Waals surface area contributed by atoms with Gasteiger partial charge >= 0.3 is 5.97 Å². The molecular weight excluding hydrogens is 308 g/mol. The highest BCUT2D eigenvalue weighted by Gasteiger charge is 2.19. The van der Waals surface area contributed by atoms with Gasteiger partial charge in [0.05, 0.1) is 11.8 Å². The van der Waals surface area contributed by atoms with E-state index in [1.54, 1.807) is 24.9 Å². The van der Waals surface area contributed by atoms with Crippen LogP contribution < -0.4 is 5.32 Å². The van der Waals surface area contributed by atoms with Crippen molar-refractivity contribution < 1.29 is 19.4 Å². The molecule has 0 radical (unpaired) electrons. The Hall–Kier alpha value is -1.82. The second kappa shape index (κ2) is 8.87. The van der Waals surface area contributed by atoms with Gasteiger partial charge in [0.25, 0.3) is 0 Å². The molecule has 0 bridgehead atoms. The van der Waals surface area contributed by atoms with Crippen molar-refractivity contribution in [2.24, 2.45) is 13.0 Å². The molecule has 0 atom stereocenters. The van der Waals surface area contributed by atoms with Crippen LogP contribution in [0.5, 0.6) is 0 Å². The molecule has 1 aromatic heterocycles. The van der Waals surface area contributed by atoms with E-state index in [2.05, 4.69) is 5.32 Å². The molecule has 1 aliphatic rings. The monoisotopic (exact) mass is 336 g/mol. The van der Waals surface area contributed by atoms with E-state index in [0.717, 1.165) is 44.9 Å². The third-order valence-electron chi connectivity index (χ3n) is 4.85. The summed E-state index contributed by atoms with van der Waals surface area (Å²) < 4.78 is 7.08. The highest BCUT2D eigenvalue weighted by molar-refractivity contribution is 6.00. The molecule has 1 heterocycles. The lowest BCUT2D eigenvalue weighted by atomic mass is 9.87. The Balaban J connectivity index is 1.80. The smallest absolute Gasteiger partial charge is 0.339 e. The van der Waals surface area contributed by atoms with Gasteiger partial charge in [0, 0.05) is 33.0 Å². The number of carboxylic acids is 1. The Labute approximate surface area is 143 Å². The third-order valence-corrected chi connectivity index (χ3v) is 4.85. The molecule has 1 saturated carbocycles. The Morgan fingerprint density at radius 3 is 2.50 bits per heavy atom. The highest BCUT2D eigenvalue weighted by atomic mass is 16.5. The summed E-state index contributed by atoms with van der Waals surface area (Å²) in [5.74, 6) is -0.567. The Bertz CT molecular complexity index is 557. The van der Waals surface area contributed by atoms with Crippen molar-refractivity contribution in [3.63, 3.8) is 0 Å². The lowest BCUT2D eigenvalue weighted by Crippen LogP contribution is -2.18. The van der Waals surface area contributed by atoms with E-state index >= 15 is 0 Å². The first-order chi connectivity index (χ1) is 11.5. The number of carboxylic acid groups (broad SMARTS) is 1. The van der Waals surface area contributed by atoms with Crippen LogP contribution in [0.25, 0.3) is 0 Å². The molecule has 24 heavy (non-hydrogen) atoms. The van der Waals surface area contributed by atoms with Crippen molar-refractivity contribution in [1.29, 1.82) is 0 Å². The number of carbonyl (C=O) groups is 2. The number of aromatic carboxylic acids is 1. The standard InChI is InChI=1S/C18H28N2O4/c1-20-11-15(18(22)23)16(12-20)19-17(21)10-9-13-5-3-7-14(24-2)8-4-6-13/h11-14H,3-10H2,1-2H3,(H,19,21)(H,22,23). The minimum absolute atomic E-state index is 0.111.